The maximum atomic E-state index is 11.1. The van der Waals surface area contributed by atoms with Gasteiger partial charge in [-0.2, -0.15) is 4.98 Å². The van der Waals surface area contributed by atoms with Gasteiger partial charge in [0.2, 0.25) is 5.56 Å². The summed E-state index contributed by atoms with van der Waals surface area (Å²) in [4.78, 5) is 17.9. The average Bonchev–Trinajstić information content (AvgIpc) is 2.77. The molecule has 2 aromatic rings. The van der Waals surface area contributed by atoms with E-state index >= 15 is 0 Å². The molecule has 3 N–H and O–H groups in total. The Labute approximate surface area is 97.9 Å². The van der Waals surface area contributed by atoms with Gasteiger partial charge in [-0.25, -0.2) is 0 Å². The molecule has 0 aliphatic rings. The first-order valence-electron chi connectivity index (χ1n) is 5.37. The van der Waals surface area contributed by atoms with Crippen LogP contribution in [0.5, 0.6) is 0 Å². The Balaban J connectivity index is 2.33. The molecule has 6 nitrogen and oxygen atoms in total. The number of nitrogens with zero attached hydrogens (tertiary/aromatic N) is 2. The minimum Gasteiger partial charge on any atom is -0.332 e. The predicted molar refractivity (Wildman–Crippen MR) is 62.1 cm³/mol. The zero-order chi connectivity index (χ0) is 12.4. The number of H-pyrrole nitrogens is 1. The van der Waals surface area contributed by atoms with Crippen LogP contribution in [0.3, 0.4) is 0 Å². The first kappa shape index (κ1) is 11.5. The number of hydrogen-bond donors (Lipinski definition) is 2. The summed E-state index contributed by atoms with van der Waals surface area (Å²) in [6, 6.07) is 4.46. The quantitative estimate of drug-likeness (QED) is 0.828. The summed E-state index contributed by atoms with van der Waals surface area (Å²) >= 11 is 0. The fraction of sp³-hybridized carbons (Fsp3) is 0.364. The summed E-state index contributed by atoms with van der Waals surface area (Å²) in [5.74, 6) is 0.934. The van der Waals surface area contributed by atoms with Crippen molar-refractivity contribution < 1.29 is 4.52 Å². The highest BCUT2D eigenvalue weighted by molar-refractivity contribution is 5.45. The van der Waals surface area contributed by atoms with Crippen LogP contribution in [0, 0.1) is 5.92 Å². The molecule has 0 saturated heterocycles. The molecule has 0 radical (unpaired) electrons. The van der Waals surface area contributed by atoms with Crippen molar-refractivity contribution in [3.8, 4) is 11.6 Å². The fourth-order valence-electron chi connectivity index (χ4n) is 1.35. The zero-order valence-electron chi connectivity index (χ0n) is 9.68. The molecule has 90 valence electrons. The highest BCUT2D eigenvalue weighted by Crippen LogP contribution is 2.19. The first-order valence-corrected chi connectivity index (χ1v) is 5.37. The van der Waals surface area contributed by atoms with Gasteiger partial charge >= 0.3 is 0 Å². The molecular weight excluding hydrogens is 220 g/mol. The topological polar surface area (TPSA) is 97.8 Å². The molecule has 0 saturated carbocycles. The lowest BCUT2D eigenvalue weighted by Crippen LogP contribution is -2.18. The molecule has 2 aromatic heterocycles. The van der Waals surface area contributed by atoms with E-state index < -0.39 is 0 Å². The maximum Gasteiger partial charge on any atom is 0.274 e. The van der Waals surface area contributed by atoms with Crippen LogP contribution < -0.4 is 11.3 Å². The molecule has 6 heteroatoms. The van der Waals surface area contributed by atoms with Crippen molar-refractivity contribution in [2.24, 2.45) is 11.7 Å². The normalized spacial score (nSPS) is 12.9. The lowest BCUT2D eigenvalue weighted by molar-refractivity contribution is 0.399. The second-order valence-corrected chi connectivity index (χ2v) is 4.16. The van der Waals surface area contributed by atoms with Gasteiger partial charge in [0.05, 0.1) is 6.04 Å². The van der Waals surface area contributed by atoms with Gasteiger partial charge in [0, 0.05) is 6.07 Å². The molecule has 0 aliphatic carbocycles. The van der Waals surface area contributed by atoms with Crippen molar-refractivity contribution in [2.45, 2.75) is 19.9 Å². The molecule has 17 heavy (non-hydrogen) atoms. The Morgan fingerprint density at radius 2 is 2.18 bits per heavy atom. The smallest absolute Gasteiger partial charge is 0.274 e. The summed E-state index contributed by atoms with van der Waals surface area (Å²) in [7, 11) is 0. The van der Waals surface area contributed by atoms with Crippen molar-refractivity contribution >= 4 is 0 Å². The summed E-state index contributed by atoms with van der Waals surface area (Å²) in [6.07, 6.45) is 0. The SMILES string of the molecule is CC(C)C(N)c1noc(-c2cccc(=O)[nH]2)n1. The number of aromatic amines is 1. The van der Waals surface area contributed by atoms with Gasteiger partial charge in [0.25, 0.3) is 5.89 Å². The molecule has 1 atom stereocenters. The summed E-state index contributed by atoms with van der Waals surface area (Å²) < 4.78 is 5.07. The van der Waals surface area contributed by atoms with Crippen LogP contribution in [0.1, 0.15) is 25.7 Å². The number of rotatable bonds is 3. The molecule has 0 bridgehead atoms. The van der Waals surface area contributed by atoms with E-state index in [1.165, 1.54) is 6.07 Å². The Bertz CT molecular complexity index is 558. The van der Waals surface area contributed by atoms with Crippen LogP contribution >= 0.6 is 0 Å². The van der Waals surface area contributed by atoms with Gasteiger partial charge in [0.15, 0.2) is 5.82 Å². The van der Waals surface area contributed by atoms with Gasteiger partial charge in [0.1, 0.15) is 5.69 Å². The third-order valence-corrected chi connectivity index (χ3v) is 2.46. The van der Waals surface area contributed by atoms with E-state index in [1.54, 1.807) is 12.1 Å². The number of aromatic nitrogens is 3. The van der Waals surface area contributed by atoms with E-state index in [9.17, 15) is 4.79 Å². The van der Waals surface area contributed by atoms with Crippen molar-refractivity contribution in [1.29, 1.82) is 0 Å². The van der Waals surface area contributed by atoms with Crippen LogP contribution in [-0.2, 0) is 0 Å². The second-order valence-electron chi connectivity index (χ2n) is 4.16. The molecule has 2 heterocycles. The lowest BCUT2D eigenvalue weighted by atomic mass is 10.1. The largest absolute Gasteiger partial charge is 0.332 e. The van der Waals surface area contributed by atoms with Gasteiger partial charge in [-0.3, -0.25) is 4.79 Å². The van der Waals surface area contributed by atoms with E-state index in [4.69, 9.17) is 10.3 Å². The van der Waals surface area contributed by atoms with Crippen LogP contribution in [0.15, 0.2) is 27.5 Å². The Morgan fingerprint density at radius 1 is 1.41 bits per heavy atom. The number of pyridine rings is 1. The Morgan fingerprint density at radius 3 is 2.82 bits per heavy atom. The van der Waals surface area contributed by atoms with Crippen LogP contribution in [0.25, 0.3) is 11.6 Å². The van der Waals surface area contributed by atoms with Gasteiger partial charge in [-0.1, -0.05) is 25.1 Å². The molecule has 0 amide bonds. The van der Waals surface area contributed by atoms with Gasteiger partial charge in [-0.15, -0.1) is 0 Å². The van der Waals surface area contributed by atoms with Crippen LogP contribution in [0.2, 0.25) is 0 Å². The minimum absolute atomic E-state index is 0.213. The molecule has 0 aromatic carbocycles. The van der Waals surface area contributed by atoms with Crippen molar-refractivity contribution in [3.05, 3.63) is 34.4 Å². The average molecular weight is 234 g/mol. The maximum absolute atomic E-state index is 11.1. The minimum atomic E-state index is -0.275. The number of nitrogens with one attached hydrogen (secondary N) is 1. The second kappa shape index (κ2) is 4.50. The predicted octanol–water partition coefficient (Wildman–Crippen LogP) is 1.08. The van der Waals surface area contributed by atoms with Crippen molar-refractivity contribution in [1.82, 2.24) is 15.1 Å². The Hall–Kier alpha value is -1.95. The van der Waals surface area contributed by atoms with E-state index in [1.807, 2.05) is 13.8 Å². The van der Waals surface area contributed by atoms with Crippen LogP contribution in [-0.4, -0.2) is 15.1 Å². The third-order valence-electron chi connectivity index (χ3n) is 2.46. The molecule has 1 unspecified atom stereocenters. The van der Waals surface area contributed by atoms with E-state index in [-0.39, 0.29) is 23.4 Å². The summed E-state index contributed by atoms with van der Waals surface area (Å²) in [5, 5.41) is 3.81. The van der Waals surface area contributed by atoms with Crippen molar-refractivity contribution in [3.63, 3.8) is 0 Å². The summed E-state index contributed by atoms with van der Waals surface area (Å²) in [5.41, 5.74) is 6.18. The van der Waals surface area contributed by atoms with Crippen LogP contribution in [0.4, 0.5) is 0 Å². The zero-order valence-corrected chi connectivity index (χ0v) is 9.68. The van der Waals surface area contributed by atoms with Gasteiger partial charge in [-0.05, 0) is 12.0 Å². The van der Waals surface area contributed by atoms with Crippen molar-refractivity contribution in [2.75, 3.05) is 0 Å². The standard InChI is InChI=1S/C11H14N4O2/c1-6(2)9(12)10-14-11(17-15-10)7-4-3-5-8(16)13-7/h3-6,9H,12H2,1-2H3,(H,13,16). The van der Waals surface area contributed by atoms with E-state index in [2.05, 4.69) is 15.1 Å². The third kappa shape index (κ3) is 2.42. The van der Waals surface area contributed by atoms with Gasteiger partial charge < -0.3 is 15.2 Å². The molecule has 0 spiro atoms. The Kier molecular flexibility index (Phi) is 3.06. The summed E-state index contributed by atoms with van der Waals surface area (Å²) in [6.45, 7) is 3.95. The first-order chi connectivity index (χ1) is 8.08. The molecule has 0 fully saturated rings. The monoisotopic (exact) mass is 234 g/mol. The molecular formula is C11H14N4O2. The van der Waals surface area contributed by atoms with E-state index in [0.717, 1.165) is 0 Å². The molecule has 2 rings (SSSR count). The molecule has 0 aliphatic heterocycles. The highest BCUT2D eigenvalue weighted by atomic mass is 16.5. The van der Waals surface area contributed by atoms with E-state index in [0.29, 0.717) is 11.5 Å². The lowest BCUT2D eigenvalue weighted by Gasteiger charge is -2.09. The fourth-order valence-corrected chi connectivity index (χ4v) is 1.35. The highest BCUT2D eigenvalue weighted by Gasteiger charge is 2.18. The number of hydrogen-bond acceptors (Lipinski definition) is 5. The number of nitrogens with two attached hydrogens (primary N) is 1.